The number of hydrogen-bond donors (Lipinski definition) is 0. The first-order valence-corrected chi connectivity index (χ1v) is 11.2. The SMILES string of the molecule is O=S(=O)(c1ccc2ccccc2c1)N1CCC[C@@H]1Oc1ccc2ccccc2c1. The molecule has 5 heteroatoms. The van der Waals surface area contributed by atoms with Gasteiger partial charge in [0.25, 0.3) is 0 Å². The van der Waals surface area contributed by atoms with Crippen LogP contribution in [0.25, 0.3) is 21.5 Å². The van der Waals surface area contributed by atoms with E-state index in [4.69, 9.17) is 4.74 Å². The number of sulfonamides is 1. The Bertz CT molecular complexity index is 1300. The van der Waals surface area contributed by atoms with Gasteiger partial charge in [-0.1, -0.05) is 60.7 Å². The largest absolute Gasteiger partial charge is 0.474 e. The zero-order valence-electron chi connectivity index (χ0n) is 15.9. The second-order valence-corrected chi connectivity index (χ2v) is 9.24. The summed E-state index contributed by atoms with van der Waals surface area (Å²) in [5, 5.41) is 4.15. The molecule has 0 aliphatic carbocycles. The zero-order valence-corrected chi connectivity index (χ0v) is 16.7. The maximum Gasteiger partial charge on any atom is 0.246 e. The van der Waals surface area contributed by atoms with E-state index in [9.17, 15) is 8.42 Å². The fourth-order valence-corrected chi connectivity index (χ4v) is 5.58. The average Bonchev–Trinajstić information content (AvgIpc) is 3.22. The van der Waals surface area contributed by atoms with E-state index in [-0.39, 0.29) is 0 Å². The Morgan fingerprint density at radius 1 is 0.759 bits per heavy atom. The quantitative estimate of drug-likeness (QED) is 0.471. The first-order valence-electron chi connectivity index (χ1n) is 9.77. The van der Waals surface area contributed by atoms with Gasteiger partial charge in [-0.15, -0.1) is 0 Å². The molecule has 0 amide bonds. The van der Waals surface area contributed by atoms with Gasteiger partial charge in [-0.05, 0) is 52.2 Å². The monoisotopic (exact) mass is 403 g/mol. The van der Waals surface area contributed by atoms with E-state index < -0.39 is 16.3 Å². The molecule has 146 valence electrons. The van der Waals surface area contributed by atoms with Crippen molar-refractivity contribution >= 4 is 31.6 Å². The summed E-state index contributed by atoms with van der Waals surface area (Å²) in [5.41, 5.74) is 0. The van der Waals surface area contributed by atoms with Crippen molar-refractivity contribution in [3.05, 3.63) is 84.9 Å². The number of rotatable bonds is 4. The van der Waals surface area contributed by atoms with Crippen molar-refractivity contribution in [2.75, 3.05) is 6.54 Å². The Labute approximate surface area is 170 Å². The van der Waals surface area contributed by atoms with Crippen LogP contribution in [0, 0.1) is 0 Å². The maximum atomic E-state index is 13.3. The lowest BCUT2D eigenvalue weighted by Gasteiger charge is -2.25. The predicted octanol–water partition coefficient (Wildman–Crippen LogP) is 5.18. The first-order chi connectivity index (χ1) is 14.1. The third kappa shape index (κ3) is 3.37. The molecule has 0 bridgehead atoms. The van der Waals surface area contributed by atoms with Crippen LogP contribution < -0.4 is 4.74 Å². The Morgan fingerprint density at radius 3 is 2.10 bits per heavy atom. The molecule has 4 aromatic rings. The van der Waals surface area contributed by atoms with Crippen molar-refractivity contribution in [3.63, 3.8) is 0 Å². The molecule has 0 spiro atoms. The molecule has 5 rings (SSSR count). The minimum atomic E-state index is -3.63. The number of fused-ring (bicyclic) bond motifs is 2. The summed E-state index contributed by atoms with van der Waals surface area (Å²) in [6.45, 7) is 0.466. The van der Waals surface area contributed by atoms with Crippen LogP contribution in [0.1, 0.15) is 12.8 Å². The first kappa shape index (κ1) is 18.2. The number of hydrogen-bond acceptors (Lipinski definition) is 3. The van der Waals surface area contributed by atoms with E-state index in [1.54, 1.807) is 12.1 Å². The van der Waals surface area contributed by atoms with Crippen LogP contribution >= 0.6 is 0 Å². The second kappa shape index (κ2) is 7.17. The lowest BCUT2D eigenvalue weighted by atomic mass is 10.1. The molecule has 0 saturated carbocycles. The minimum Gasteiger partial charge on any atom is -0.474 e. The molecular formula is C24H21NO3S. The topological polar surface area (TPSA) is 46.6 Å². The van der Waals surface area contributed by atoms with Gasteiger partial charge in [0.2, 0.25) is 10.0 Å². The highest BCUT2D eigenvalue weighted by Gasteiger charge is 2.37. The molecule has 1 heterocycles. The zero-order chi connectivity index (χ0) is 19.8. The van der Waals surface area contributed by atoms with Crippen LogP contribution in [0.5, 0.6) is 5.75 Å². The van der Waals surface area contributed by atoms with Crippen molar-refractivity contribution in [2.45, 2.75) is 24.0 Å². The molecular weight excluding hydrogens is 382 g/mol. The van der Waals surface area contributed by atoms with E-state index in [1.165, 1.54) is 4.31 Å². The van der Waals surface area contributed by atoms with E-state index in [1.807, 2.05) is 72.8 Å². The molecule has 4 nitrogen and oxygen atoms in total. The summed E-state index contributed by atoms with van der Waals surface area (Å²) in [6, 6.07) is 27.0. The van der Waals surface area contributed by atoms with E-state index in [0.717, 1.165) is 28.0 Å². The number of benzene rings is 4. The van der Waals surface area contributed by atoms with Crippen molar-refractivity contribution in [2.24, 2.45) is 0 Å². The molecule has 0 unspecified atom stereocenters. The highest BCUT2D eigenvalue weighted by molar-refractivity contribution is 7.89. The Morgan fingerprint density at radius 2 is 1.38 bits per heavy atom. The third-order valence-corrected chi connectivity index (χ3v) is 7.36. The number of nitrogens with zero attached hydrogens (tertiary/aromatic N) is 1. The van der Waals surface area contributed by atoms with Gasteiger partial charge in [-0.3, -0.25) is 0 Å². The lowest BCUT2D eigenvalue weighted by molar-refractivity contribution is 0.120. The minimum absolute atomic E-state index is 0.310. The highest BCUT2D eigenvalue weighted by atomic mass is 32.2. The van der Waals surface area contributed by atoms with E-state index in [0.29, 0.717) is 23.6 Å². The van der Waals surface area contributed by atoms with Gasteiger partial charge in [-0.2, -0.15) is 4.31 Å². The molecule has 0 N–H and O–H groups in total. The standard InChI is InChI=1S/C24H21NO3S/c26-29(27,23-14-12-19-7-2-4-9-21(19)17-23)25-15-5-10-24(25)28-22-13-11-18-6-1-3-8-20(18)16-22/h1-4,6-9,11-14,16-17,24H,5,10,15H2/t24-/m0/s1. The van der Waals surface area contributed by atoms with Gasteiger partial charge in [0.1, 0.15) is 5.75 Å². The van der Waals surface area contributed by atoms with Gasteiger partial charge >= 0.3 is 0 Å². The molecule has 0 aromatic heterocycles. The van der Waals surface area contributed by atoms with Crippen molar-refractivity contribution in [3.8, 4) is 5.75 Å². The highest BCUT2D eigenvalue weighted by Crippen LogP contribution is 2.30. The van der Waals surface area contributed by atoms with Crippen LogP contribution in [0.4, 0.5) is 0 Å². The van der Waals surface area contributed by atoms with Crippen molar-refractivity contribution in [1.82, 2.24) is 4.31 Å². The lowest BCUT2D eigenvalue weighted by Crippen LogP contribution is -2.38. The molecule has 1 saturated heterocycles. The Hall–Kier alpha value is -2.89. The Balaban J connectivity index is 1.45. The van der Waals surface area contributed by atoms with Crippen LogP contribution in [-0.2, 0) is 10.0 Å². The van der Waals surface area contributed by atoms with Crippen LogP contribution in [-0.4, -0.2) is 25.5 Å². The summed E-state index contributed by atoms with van der Waals surface area (Å²) in [4.78, 5) is 0.310. The van der Waals surface area contributed by atoms with Crippen LogP contribution in [0.15, 0.2) is 89.8 Å². The van der Waals surface area contributed by atoms with E-state index in [2.05, 4.69) is 0 Å². The smallest absolute Gasteiger partial charge is 0.246 e. The molecule has 0 radical (unpaired) electrons. The predicted molar refractivity (Wildman–Crippen MR) is 115 cm³/mol. The summed E-state index contributed by atoms with van der Waals surface area (Å²) >= 11 is 0. The fraction of sp³-hybridized carbons (Fsp3) is 0.167. The molecule has 29 heavy (non-hydrogen) atoms. The summed E-state index contributed by atoms with van der Waals surface area (Å²) < 4.78 is 34.3. The summed E-state index contributed by atoms with van der Waals surface area (Å²) in [5.74, 6) is 0.689. The second-order valence-electron chi connectivity index (χ2n) is 7.35. The molecule has 1 aliphatic heterocycles. The van der Waals surface area contributed by atoms with Gasteiger partial charge in [0.05, 0.1) is 4.90 Å². The average molecular weight is 404 g/mol. The molecule has 1 fully saturated rings. The molecule has 1 aliphatic rings. The summed E-state index contributed by atoms with van der Waals surface area (Å²) in [7, 11) is -3.63. The maximum absolute atomic E-state index is 13.3. The van der Waals surface area contributed by atoms with Crippen molar-refractivity contribution < 1.29 is 13.2 Å². The summed E-state index contributed by atoms with van der Waals surface area (Å²) in [6.07, 6.45) is 0.970. The van der Waals surface area contributed by atoms with Gasteiger partial charge < -0.3 is 4.74 Å². The van der Waals surface area contributed by atoms with Gasteiger partial charge in [-0.25, -0.2) is 8.42 Å². The fourth-order valence-electron chi connectivity index (χ4n) is 3.96. The van der Waals surface area contributed by atoms with Crippen LogP contribution in [0.2, 0.25) is 0 Å². The van der Waals surface area contributed by atoms with Crippen molar-refractivity contribution in [1.29, 1.82) is 0 Å². The van der Waals surface area contributed by atoms with Gasteiger partial charge in [0.15, 0.2) is 6.23 Å². The Kier molecular flexibility index (Phi) is 4.49. The third-order valence-electron chi connectivity index (χ3n) is 5.47. The number of ether oxygens (including phenoxy) is 1. The normalized spacial score (nSPS) is 17.7. The van der Waals surface area contributed by atoms with E-state index >= 15 is 0 Å². The molecule has 4 aromatic carbocycles. The van der Waals surface area contributed by atoms with Gasteiger partial charge in [0, 0.05) is 13.0 Å². The van der Waals surface area contributed by atoms with Crippen LogP contribution in [0.3, 0.4) is 0 Å². The molecule has 1 atom stereocenters.